The molecule has 0 aromatic heterocycles. The van der Waals surface area contributed by atoms with Gasteiger partial charge in [0.25, 0.3) is 0 Å². The minimum Gasteiger partial charge on any atom is -0.497 e. The lowest BCUT2D eigenvalue weighted by molar-refractivity contribution is 0.221. The van der Waals surface area contributed by atoms with Crippen LogP contribution in [0.5, 0.6) is 11.5 Å². The molecule has 0 bridgehead atoms. The number of rotatable bonds is 4. The number of nitrogens with one attached hydrogen (secondary N) is 2. The molecule has 2 aromatic carbocycles. The fourth-order valence-electron chi connectivity index (χ4n) is 3.26. The van der Waals surface area contributed by atoms with Crippen LogP contribution in [0.2, 0.25) is 0 Å². The second-order valence-electron chi connectivity index (χ2n) is 6.90. The summed E-state index contributed by atoms with van der Waals surface area (Å²) in [5, 5.41) is 5.95. The summed E-state index contributed by atoms with van der Waals surface area (Å²) in [5.74, 6) is 1.68. The number of hydrogen-bond acceptors (Lipinski definition) is 3. The maximum Gasteiger partial charge on any atom is 0.315 e. The van der Waals surface area contributed by atoms with Crippen LogP contribution in [0.3, 0.4) is 0 Å². The van der Waals surface area contributed by atoms with E-state index in [9.17, 15) is 4.79 Å². The fourth-order valence-corrected chi connectivity index (χ4v) is 3.26. The lowest BCUT2D eigenvalue weighted by Gasteiger charge is -2.28. The second kappa shape index (κ2) is 7.68. The number of fused-ring (bicyclic) bond motifs is 1. The maximum atomic E-state index is 12.1. The molecular weight excluding hydrogens is 328 g/mol. The highest BCUT2D eigenvalue weighted by Crippen LogP contribution is 2.36. The third-order valence-corrected chi connectivity index (χ3v) is 4.52. The molecule has 26 heavy (non-hydrogen) atoms. The molecule has 1 atom stereocenters. The zero-order chi connectivity index (χ0) is 18.7. The largest absolute Gasteiger partial charge is 0.497 e. The summed E-state index contributed by atoms with van der Waals surface area (Å²) < 4.78 is 11.1. The van der Waals surface area contributed by atoms with E-state index in [0.717, 1.165) is 40.2 Å². The van der Waals surface area contributed by atoms with E-state index in [1.165, 1.54) is 0 Å². The van der Waals surface area contributed by atoms with E-state index in [1.54, 1.807) is 7.11 Å². The van der Waals surface area contributed by atoms with E-state index in [-0.39, 0.29) is 18.1 Å². The molecule has 138 valence electrons. The van der Waals surface area contributed by atoms with Crippen LogP contribution in [0.1, 0.15) is 37.4 Å². The van der Waals surface area contributed by atoms with Gasteiger partial charge in [-0.05, 0) is 61.7 Å². The summed E-state index contributed by atoms with van der Waals surface area (Å²) in [4.78, 5) is 12.1. The fraction of sp³-hybridized carbons (Fsp3) is 0.381. The van der Waals surface area contributed by atoms with Gasteiger partial charge in [0.15, 0.2) is 0 Å². The summed E-state index contributed by atoms with van der Waals surface area (Å²) in [6, 6.07) is 12.1. The summed E-state index contributed by atoms with van der Waals surface area (Å²) in [6.07, 6.45) is 0.754. The van der Waals surface area contributed by atoms with Crippen molar-refractivity contribution in [3.63, 3.8) is 0 Å². The molecule has 0 radical (unpaired) electrons. The number of hydrogen-bond donors (Lipinski definition) is 2. The highest BCUT2D eigenvalue weighted by Gasteiger charge is 2.24. The number of benzene rings is 2. The van der Waals surface area contributed by atoms with Crippen LogP contribution < -0.4 is 20.1 Å². The highest BCUT2D eigenvalue weighted by atomic mass is 16.5. The molecule has 2 amide bonds. The van der Waals surface area contributed by atoms with Crippen LogP contribution in [0, 0.1) is 6.92 Å². The van der Waals surface area contributed by atoms with Gasteiger partial charge in [-0.2, -0.15) is 0 Å². The van der Waals surface area contributed by atoms with E-state index in [2.05, 4.69) is 35.8 Å². The van der Waals surface area contributed by atoms with Gasteiger partial charge in [0.05, 0.1) is 19.8 Å². The molecule has 3 rings (SSSR count). The minimum atomic E-state index is -0.149. The normalized spacial score (nSPS) is 15.8. The second-order valence-corrected chi connectivity index (χ2v) is 6.90. The van der Waals surface area contributed by atoms with E-state index in [0.29, 0.717) is 6.61 Å². The van der Waals surface area contributed by atoms with Crippen LogP contribution >= 0.6 is 0 Å². The van der Waals surface area contributed by atoms with Gasteiger partial charge in [-0.1, -0.05) is 12.1 Å². The van der Waals surface area contributed by atoms with E-state index < -0.39 is 0 Å². The Labute approximate surface area is 154 Å². The Hall–Kier alpha value is -2.69. The van der Waals surface area contributed by atoms with Crippen LogP contribution in [-0.4, -0.2) is 25.8 Å². The zero-order valence-corrected chi connectivity index (χ0v) is 15.8. The molecule has 0 fully saturated rings. The number of carbonyl (C=O) groups excluding carboxylic acids is 1. The van der Waals surface area contributed by atoms with Gasteiger partial charge in [-0.3, -0.25) is 0 Å². The molecule has 0 spiro atoms. The van der Waals surface area contributed by atoms with Gasteiger partial charge in [0, 0.05) is 18.0 Å². The van der Waals surface area contributed by atoms with Crippen LogP contribution in [0.15, 0.2) is 36.4 Å². The van der Waals surface area contributed by atoms with Crippen molar-refractivity contribution >= 4 is 6.03 Å². The first-order valence-corrected chi connectivity index (χ1v) is 8.96. The van der Waals surface area contributed by atoms with Crippen molar-refractivity contribution in [2.45, 2.75) is 39.3 Å². The SMILES string of the molecule is COc1ccc(-c2ccc3c(c2)C(NC(=O)NC(C)C)CCO3)c(C)c1. The van der Waals surface area contributed by atoms with E-state index in [1.807, 2.05) is 32.0 Å². The molecule has 1 aliphatic heterocycles. The maximum absolute atomic E-state index is 12.1. The average Bonchev–Trinajstić information content (AvgIpc) is 2.61. The molecule has 0 saturated carbocycles. The average molecular weight is 354 g/mol. The summed E-state index contributed by atoms with van der Waals surface area (Å²) >= 11 is 0. The smallest absolute Gasteiger partial charge is 0.315 e. The first-order valence-electron chi connectivity index (χ1n) is 8.96. The first kappa shape index (κ1) is 18.1. The van der Waals surface area contributed by atoms with Crippen molar-refractivity contribution in [1.82, 2.24) is 10.6 Å². The number of urea groups is 1. The molecule has 5 nitrogen and oxygen atoms in total. The summed E-state index contributed by atoms with van der Waals surface area (Å²) in [7, 11) is 1.67. The van der Waals surface area contributed by atoms with Crippen LogP contribution in [0.4, 0.5) is 4.79 Å². The van der Waals surface area contributed by atoms with E-state index in [4.69, 9.17) is 9.47 Å². The number of carbonyl (C=O) groups is 1. The number of ether oxygens (including phenoxy) is 2. The molecule has 0 saturated heterocycles. The Kier molecular flexibility index (Phi) is 5.35. The van der Waals surface area contributed by atoms with Gasteiger partial charge < -0.3 is 20.1 Å². The van der Waals surface area contributed by atoms with Crippen LogP contribution in [-0.2, 0) is 0 Å². The molecule has 5 heteroatoms. The Balaban J connectivity index is 1.90. The number of aryl methyl sites for hydroxylation is 1. The number of methoxy groups -OCH3 is 1. The lowest BCUT2D eigenvalue weighted by Crippen LogP contribution is -2.42. The van der Waals surface area contributed by atoms with Gasteiger partial charge in [-0.25, -0.2) is 4.79 Å². The van der Waals surface area contributed by atoms with Gasteiger partial charge in [-0.15, -0.1) is 0 Å². The third kappa shape index (κ3) is 3.93. The Morgan fingerprint density at radius 1 is 1.23 bits per heavy atom. The quantitative estimate of drug-likeness (QED) is 0.865. The highest BCUT2D eigenvalue weighted by molar-refractivity contribution is 5.75. The van der Waals surface area contributed by atoms with Crippen molar-refractivity contribution in [2.75, 3.05) is 13.7 Å². The van der Waals surface area contributed by atoms with Crippen molar-refractivity contribution in [1.29, 1.82) is 0 Å². The van der Waals surface area contributed by atoms with Gasteiger partial charge >= 0.3 is 6.03 Å². The monoisotopic (exact) mass is 354 g/mol. The van der Waals surface area contributed by atoms with Crippen molar-refractivity contribution in [3.8, 4) is 22.6 Å². The molecule has 2 aromatic rings. The standard InChI is InChI=1S/C21H26N2O3/c1-13(2)22-21(24)23-19-9-10-26-20-8-5-15(12-18(19)20)17-7-6-16(25-4)11-14(17)3/h5-8,11-13,19H,9-10H2,1-4H3,(H2,22,23,24). The zero-order valence-electron chi connectivity index (χ0n) is 15.8. The topological polar surface area (TPSA) is 59.6 Å². The molecule has 0 aliphatic carbocycles. The minimum absolute atomic E-state index is 0.0593. The van der Waals surface area contributed by atoms with Crippen molar-refractivity contribution < 1.29 is 14.3 Å². The lowest BCUT2D eigenvalue weighted by atomic mass is 9.93. The predicted molar refractivity (Wildman–Crippen MR) is 103 cm³/mol. The summed E-state index contributed by atoms with van der Waals surface area (Å²) in [5.41, 5.74) is 4.40. The van der Waals surface area contributed by atoms with Gasteiger partial charge in [0.1, 0.15) is 11.5 Å². The number of amides is 2. The molecule has 1 aliphatic rings. The summed E-state index contributed by atoms with van der Waals surface area (Å²) in [6.45, 7) is 6.56. The first-order chi connectivity index (χ1) is 12.5. The molecule has 2 N–H and O–H groups in total. The predicted octanol–water partition coefficient (Wildman–Crippen LogP) is 4.20. The van der Waals surface area contributed by atoms with Crippen molar-refractivity contribution in [2.24, 2.45) is 0 Å². The molecular formula is C21H26N2O3. The van der Waals surface area contributed by atoms with Gasteiger partial charge in [0.2, 0.25) is 0 Å². The Morgan fingerprint density at radius 3 is 2.73 bits per heavy atom. The third-order valence-electron chi connectivity index (χ3n) is 4.52. The molecule has 1 unspecified atom stereocenters. The molecule has 1 heterocycles. The van der Waals surface area contributed by atoms with Crippen molar-refractivity contribution in [3.05, 3.63) is 47.5 Å². The Morgan fingerprint density at radius 2 is 2.04 bits per heavy atom. The van der Waals surface area contributed by atoms with Crippen LogP contribution in [0.25, 0.3) is 11.1 Å². The van der Waals surface area contributed by atoms with E-state index >= 15 is 0 Å². The Bertz CT molecular complexity index is 802.